The van der Waals surface area contributed by atoms with Crippen LogP contribution in [0.4, 0.5) is 5.69 Å². The van der Waals surface area contributed by atoms with Gasteiger partial charge >= 0.3 is 5.97 Å². The number of rotatable bonds is 3. The molecule has 1 heterocycles. The summed E-state index contributed by atoms with van der Waals surface area (Å²) in [5, 5.41) is 0.669. The first kappa shape index (κ1) is 19.7. The number of carbonyl (C=O) groups excluding carboxylic acids is 2. The van der Waals surface area contributed by atoms with E-state index < -0.39 is 5.97 Å². The second-order valence-corrected chi connectivity index (χ2v) is 7.47. The van der Waals surface area contributed by atoms with Crippen molar-refractivity contribution in [3.63, 3.8) is 0 Å². The quantitative estimate of drug-likeness (QED) is 0.434. The van der Waals surface area contributed by atoms with Gasteiger partial charge < -0.3 is 4.74 Å². The van der Waals surface area contributed by atoms with E-state index in [2.05, 4.69) is 15.9 Å². The first-order valence-corrected chi connectivity index (χ1v) is 9.45. The maximum absolute atomic E-state index is 13.2. The Bertz CT molecular complexity index is 1010. The third-order valence-corrected chi connectivity index (χ3v) is 5.46. The highest BCUT2D eigenvalue weighted by Gasteiger charge is 2.38. The van der Waals surface area contributed by atoms with Crippen LogP contribution >= 0.6 is 39.1 Å². The van der Waals surface area contributed by atoms with Gasteiger partial charge in [0.2, 0.25) is 0 Å². The summed E-state index contributed by atoms with van der Waals surface area (Å²) in [6.45, 7) is 1.70. The molecule has 0 saturated heterocycles. The smallest absolute Gasteiger partial charge is 0.340 e. The number of anilines is 1. The fourth-order valence-corrected chi connectivity index (χ4v) is 3.64. The number of esters is 1. The standard InChI is InChI=1S/C20H14BrCl2NO3/c1-11-17(20(26)27-2)15(9-12-5-3-8-16(22)18(12)23)19(25)24(11)14-7-4-6-13(21)10-14/h3-10H,1-2H3/b15-9-. The first-order chi connectivity index (χ1) is 12.8. The zero-order valence-corrected chi connectivity index (χ0v) is 17.5. The molecule has 0 atom stereocenters. The number of ether oxygens (including phenoxy) is 1. The molecule has 0 unspecified atom stereocenters. The molecule has 0 aliphatic carbocycles. The lowest BCUT2D eigenvalue weighted by molar-refractivity contribution is -0.136. The summed E-state index contributed by atoms with van der Waals surface area (Å²) in [6.07, 6.45) is 1.56. The highest BCUT2D eigenvalue weighted by Crippen LogP contribution is 2.37. The van der Waals surface area contributed by atoms with Gasteiger partial charge in [0.25, 0.3) is 5.91 Å². The van der Waals surface area contributed by atoms with Crippen LogP contribution in [0.25, 0.3) is 6.08 Å². The van der Waals surface area contributed by atoms with Crippen LogP contribution in [0.5, 0.6) is 0 Å². The largest absolute Gasteiger partial charge is 0.465 e. The number of methoxy groups -OCH3 is 1. The van der Waals surface area contributed by atoms with Gasteiger partial charge in [-0.2, -0.15) is 0 Å². The normalized spacial score (nSPS) is 15.7. The average molecular weight is 467 g/mol. The number of carbonyl (C=O) groups is 2. The molecule has 7 heteroatoms. The van der Waals surface area contributed by atoms with Crippen LogP contribution in [0.1, 0.15) is 12.5 Å². The van der Waals surface area contributed by atoms with Crippen LogP contribution in [0.2, 0.25) is 10.0 Å². The molecule has 27 heavy (non-hydrogen) atoms. The minimum absolute atomic E-state index is 0.193. The van der Waals surface area contributed by atoms with Crippen LogP contribution in [-0.2, 0) is 14.3 Å². The Labute approximate surface area is 175 Å². The van der Waals surface area contributed by atoms with Crippen molar-refractivity contribution in [1.29, 1.82) is 0 Å². The molecule has 0 spiro atoms. The predicted molar refractivity (Wildman–Crippen MR) is 111 cm³/mol. The molecule has 138 valence electrons. The topological polar surface area (TPSA) is 46.6 Å². The molecule has 0 fully saturated rings. The fourth-order valence-electron chi connectivity index (χ4n) is 2.89. The van der Waals surface area contributed by atoms with E-state index in [1.54, 1.807) is 43.3 Å². The van der Waals surface area contributed by atoms with Crippen molar-refractivity contribution in [2.45, 2.75) is 6.92 Å². The van der Waals surface area contributed by atoms with Gasteiger partial charge in [0.1, 0.15) is 0 Å². The van der Waals surface area contributed by atoms with Crippen molar-refractivity contribution in [3.05, 3.63) is 79.4 Å². The number of hydrogen-bond acceptors (Lipinski definition) is 3. The Morgan fingerprint density at radius 3 is 2.56 bits per heavy atom. The number of amides is 1. The monoisotopic (exact) mass is 465 g/mol. The lowest BCUT2D eigenvalue weighted by Crippen LogP contribution is -2.24. The zero-order valence-electron chi connectivity index (χ0n) is 14.4. The molecule has 0 bridgehead atoms. The molecule has 1 aliphatic rings. The molecule has 0 radical (unpaired) electrons. The second kappa shape index (κ2) is 7.89. The molecule has 1 aliphatic heterocycles. The lowest BCUT2D eigenvalue weighted by atomic mass is 10.0. The molecule has 4 nitrogen and oxygen atoms in total. The van der Waals surface area contributed by atoms with Gasteiger partial charge in [-0.3, -0.25) is 9.69 Å². The minimum Gasteiger partial charge on any atom is -0.465 e. The van der Waals surface area contributed by atoms with Crippen molar-refractivity contribution >= 4 is 62.8 Å². The number of hydrogen-bond donors (Lipinski definition) is 0. The zero-order chi connectivity index (χ0) is 19.7. The summed E-state index contributed by atoms with van der Waals surface area (Å²) in [4.78, 5) is 27.0. The first-order valence-electron chi connectivity index (χ1n) is 7.90. The van der Waals surface area contributed by atoms with Crippen LogP contribution < -0.4 is 4.90 Å². The van der Waals surface area contributed by atoms with E-state index in [0.29, 0.717) is 27.0 Å². The molecule has 2 aromatic carbocycles. The molecule has 0 N–H and O–H groups in total. The molecule has 3 rings (SSSR count). The van der Waals surface area contributed by atoms with Gasteiger partial charge in [-0.25, -0.2) is 4.79 Å². The van der Waals surface area contributed by atoms with Crippen molar-refractivity contribution in [2.75, 3.05) is 12.0 Å². The summed E-state index contributed by atoms with van der Waals surface area (Å²) in [6, 6.07) is 12.3. The molecular formula is C20H14BrCl2NO3. The van der Waals surface area contributed by atoms with Gasteiger partial charge in [0.05, 0.1) is 34.0 Å². The molecular weight excluding hydrogens is 453 g/mol. The van der Waals surface area contributed by atoms with Crippen LogP contribution in [0.15, 0.2) is 63.8 Å². The van der Waals surface area contributed by atoms with E-state index in [9.17, 15) is 9.59 Å². The highest BCUT2D eigenvalue weighted by molar-refractivity contribution is 9.10. The summed E-state index contributed by atoms with van der Waals surface area (Å²) in [7, 11) is 1.28. The Morgan fingerprint density at radius 2 is 1.89 bits per heavy atom. The van der Waals surface area contributed by atoms with Gasteiger partial charge in [-0.15, -0.1) is 0 Å². The predicted octanol–water partition coefficient (Wildman–Crippen LogP) is 5.63. The van der Waals surface area contributed by atoms with Gasteiger partial charge in [-0.05, 0) is 42.8 Å². The molecule has 0 aromatic heterocycles. The minimum atomic E-state index is -0.595. The number of halogens is 3. The van der Waals surface area contributed by atoms with E-state index >= 15 is 0 Å². The van der Waals surface area contributed by atoms with Crippen molar-refractivity contribution in [1.82, 2.24) is 0 Å². The van der Waals surface area contributed by atoms with Gasteiger partial charge in [0, 0.05) is 10.2 Å². The summed E-state index contributed by atoms with van der Waals surface area (Å²) in [5.74, 6) is -0.940. The Balaban J connectivity index is 2.19. The van der Waals surface area contributed by atoms with E-state index in [4.69, 9.17) is 27.9 Å². The van der Waals surface area contributed by atoms with E-state index in [1.807, 2.05) is 12.1 Å². The Kier molecular flexibility index (Phi) is 5.75. The van der Waals surface area contributed by atoms with E-state index in [1.165, 1.54) is 12.0 Å². The number of allylic oxidation sites excluding steroid dienone is 1. The third-order valence-electron chi connectivity index (χ3n) is 4.14. The average Bonchev–Trinajstić information content (AvgIpc) is 2.88. The lowest BCUT2D eigenvalue weighted by Gasteiger charge is -2.18. The molecule has 2 aromatic rings. The second-order valence-electron chi connectivity index (χ2n) is 5.77. The molecule has 1 amide bonds. The Hall–Kier alpha value is -2.08. The van der Waals surface area contributed by atoms with Crippen molar-refractivity contribution in [2.24, 2.45) is 0 Å². The SMILES string of the molecule is COC(=O)C1=C(C)N(c2cccc(Br)c2)C(=O)/C1=C\c1cccc(Cl)c1Cl. The summed E-state index contributed by atoms with van der Waals surface area (Å²) in [5.41, 5.74) is 2.04. The van der Waals surface area contributed by atoms with E-state index in [-0.39, 0.29) is 17.1 Å². The maximum atomic E-state index is 13.2. The third kappa shape index (κ3) is 3.68. The van der Waals surface area contributed by atoms with Crippen LogP contribution in [-0.4, -0.2) is 19.0 Å². The highest BCUT2D eigenvalue weighted by atomic mass is 79.9. The summed E-state index contributed by atoms with van der Waals surface area (Å²) < 4.78 is 5.71. The van der Waals surface area contributed by atoms with Crippen LogP contribution in [0, 0.1) is 0 Å². The van der Waals surface area contributed by atoms with E-state index in [0.717, 1.165) is 4.47 Å². The number of nitrogens with zero attached hydrogens (tertiary/aromatic N) is 1. The van der Waals surface area contributed by atoms with Crippen LogP contribution in [0.3, 0.4) is 0 Å². The number of benzene rings is 2. The summed E-state index contributed by atoms with van der Waals surface area (Å²) >= 11 is 15.7. The van der Waals surface area contributed by atoms with Crippen molar-refractivity contribution in [3.8, 4) is 0 Å². The Morgan fingerprint density at radius 1 is 1.19 bits per heavy atom. The van der Waals surface area contributed by atoms with Gasteiger partial charge in [0.15, 0.2) is 0 Å². The maximum Gasteiger partial charge on any atom is 0.340 e. The fraction of sp³-hybridized carbons (Fsp3) is 0.100. The van der Waals surface area contributed by atoms with Gasteiger partial charge in [-0.1, -0.05) is 57.3 Å². The molecule has 0 saturated carbocycles. The van der Waals surface area contributed by atoms with Crippen molar-refractivity contribution < 1.29 is 14.3 Å².